The van der Waals surface area contributed by atoms with Crippen molar-refractivity contribution in [3.63, 3.8) is 0 Å². The van der Waals surface area contributed by atoms with Gasteiger partial charge in [0.15, 0.2) is 0 Å². The average molecular weight is 239 g/mol. The van der Waals surface area contributed by atoms with Crippen LogP contribution in [0.5, 0.6) is 11.5 Å². The molecule has 0 radical (unpaired) electrons. The second kappa shape index (κ2) is 5.98. The van der Waals surface area contributed by atoms with Gasteiger partial charge in [-0.1, -0.05) is 6.92 Å². The van der Waals surface area contributed by atoms with E-state index in [9.17, 15) is 4.79 Å². The monoisotopic (exact) mass is 239 g/mol. The Hall–Kier alpha value is -1.91. The van der Waals surface area contributed by atoms with Gasteiger partial charge >= 0.3 is 5.97 Å². The van der Waals surface area contributed by atoms with Crippen LogP contribution in [0.4, 0.5) is 5.69 Å². The highest BCUT2D eigenvalue weighted by Crippen LogP contribution is 2.26. The molecule has 1 unspecified atom stereocenters. The molecular formula is C12H17NO4. The average Bonchev–Trinajstić information content (AvgIpc) is 2.34. The van der Waals surface area contributed by atoms with Crippen LogP contribution in [-0.2, 0) is 4.79 Å². The van der Waals surface area contributed by atoms with E-state index in [4.69, 9.17) is 14.6 Å². The maximum atomic E-state index is 10.9. The van der Waals surface area contributed by atoms with Crippen molar-refractivity contribution in [1.29, 1.82) is 0 Å². The van der Waals surface area contributed by atoms with Crippen molar-refractivity contribution in [3.05, 3.63) is 18.2 Å². The molecule has 1 atom stereocenters. The zero-order valence-electron chi connectivity index (χ0n) is 10.2. The zero-order valence-corrected chi connectivity index (χ0v) is 10.2. The second-order valence-corrected chi connectivity index (χ2v) is 3.54. The van der Waals surface area contributed by atoms with Crippen LogP contribution < -0.4 is 14.8 Å². The summed E-state index contributed by atoms with van der Waals surface area (Å²) in [6.45, 7) is 1.81. The quantitative estimate of drug-likeness (QED) is 0.794. The van der Waals surface area contributed by atoms with Gasteiger partial charge in [-0.05, 0) is 6.42 Å². The number of aliphatic carboxylic acids is 1. The van der Waals surface area contributed by atoms with E-state index in [0.717, 1.165) is 0 Å². The highest BCUT2D eigenvalue weighted by Gasteiger charge is 2.15. The summed E-state index contributed by atoms with van der Waals surface area (Å²) in [4.78, 5) is 10.9. The Morgan fingerprint density at radius 1 is 1.29 bits per heavy atom. The Morgan fingerprint density at radius 3 is 2.18 bits per heavy atom. The van der Waals surface area contributed by atoms with E-state index in [1.54, 1.807) is 32.4 Å². The van der Waals surface area contributed by atoms with Crippen molar-refractivity contribution >= 4 is 11.7 Å². The number of hydrogen-bond acceptors (Lipinski definition) is 4. The largest absolute Gasteiger partial charge is 0.497 e. The first-order valence-corrected chi connectivity index (χ1v) is 5.33. The maximum absolute atomic E-state index is 10.9. The van der Waals surface area contributed by atoms with Gasteiger partial charge in [-0.25, -0.2) is 4.79 Å². The third-order valence-corrected chi connectivity index (χ3v) is 2.40. The summed E-state index contributed by atoms with van der Waals surface area (Å²) in [5.74, 6) is 0.355. The Kier molecular flexibility index (Phi) is 4.63. The number of hydrogen-bond donors (Lipinski definition) is 2. The molecule has 17 heavy (non-hydrogen) atoms. The van der Waals surface area contributed by atoms with Gasteiger partial charge in [0.2, 0.25) is 0 Å². The van der Waals surface area contributed by atoms with Crippen molar-refractivity contribution in [2.24, 2.45) is 0 Å². The normalized spacial score (nSPS) is 11.7. The molecule has 0 bridgehead atoms. The smallest absolute Gasteiger partial charge is 0.326 e. The predicted octanol–water partition coefficient (Wildman–Crippen LogP) is 1.98. The fraction of sp³-hybridized carbons (Fsp3) is 0.417. The first kappa shape index (κ1) is 13.2. The molecule has 0 saturated heterocycles. The summed E-state index contributed by atoms with van der Waals surface area (Å²) < 4.78 is 10.2. The van der Waals surface area contributed by atoms with Crippen molar-refractivity contribution < 1.29 is 19.4 Å². The molecule has 0 amide bonds. The number of methoxy groups -OCH3 is 2. The minimum atomic E-state index is -0.880. The van der Waals surface area contributed by atoms with Crippen LogP contribution in [0.15, 0.2) is 18.2 Å². The summed E-state index contributed by atoms with van der Waals surface area (Å²) in [5.41, 5.74) is 0.662. The van der Waals surface area contributed by atoms with Crippen LogP contribution in [0.2, 0.25) is 0 Å². The van der Waals surface area contributed by atoms with Gasteiger partial charge in [0.05, 0.1) is 14.2 Å². The Morgan fingerprint density at radius 2 is 1.82 bits per heavy atom. The van der Waals surface area contributed by atoms with Crippen molar-refractivity contribution in [2.45, 2.75) is 19.4 Å². The lowest BCUT2D eigenvalue weighted by molar-refractivity contribution is -0.137. The number of ether oxygens (including phenoxy) is 2. The van der Waals surface area contributed by atoms with Crippen LogP contribution in [0.1, 0.15) is 13.3 Å². The van der Waals surface area contributed by atoms with Crippen LogP contribution in [-0.4, -0.2) is 31.3 Å². The lowest BCUT2D eigenvalue weighted by Gasteiger charge is -2.15. The van der Waals surface area contributed by atoms with Crippen LogP contribution >= 0.6 is 0 Å². The van der Waals surface area contributed by atoms with E-state index in [0.29, 0.717) is 23.6 Å². The summed E-state index contributed by atoms with van der Waals surface area (Å²) in [7, 11) is 3.10. The minimum Gasteiger partial charge on any atom is -0.497 e. The molecule has 1 rings (SSSR count). The molecule has 0 aliphatic carbocycles. The molecule has 2 N–H and O–H groups in total. The van der Waals surface area contributed by atoms with Gasteiger partial charge in [0.25, 0.3) is 0 Å². The SMILES string of the molecule is CCC(Nc1cc(OC)cc(OC)c1)C(=O)O. The predicted molar refractivity (Wildman–Crippen MR) is 64.9 cm³/mol. The van der Waals surface area contributed by atoms with Gasteiger partial charge in [0, 0.05) is 23.9 Å². The van der Waals surface area contributed by atoms with E-state index in [1.165, 1.54) is 0 Å². The number of anilines is 1. The molecule has 0 aromatic heterocycles. The fourth-order valence-electron chi connectivity index (χ4n) is 1.43. The highest BCUT2D eigenvalue weighted by molar-refractivity contribution is 5.77. The Balaban J connectivity index is 2.92. The fourth-order valence-corrected chi connectivity index (χ4v) is 1.43. The Bertz CT molecular complexity index is 370. The van der Waals surface area contributed by atoms with Gasteiger partial charge in [-0.3, -0.25) is 0 Å². The molecule has 0 aliphatic rings. The number of carboxylic acid groups (broad SMARTS) is 1. The maximum Gasteiger partial charge on any atom is 0.326 e. The molecule has 0 fully saturated rings. The molecule has 0 spiro atoms. The molecule has 0 heterocycles. The first-order valence-electron chi connectivity index (χ1n) is 5.33. The molecule has 94 valence electrons. The molecule has 0 saturated carbocycles. The molecule has 5 nitrogen and oxygen atoms in total. The zero-order chi connectivity index (χ0) is 12.8. The summed E-state index contributed by atoms with van der Waals surface area (Å²) in [6.07, 6.45) is 0.495. The van der Waals surface area contributed by atoms with Crippen molar-refractivity contribution in [2.75, 3.05) is 19.5 Å². The van der Waals surface area contributed by atoms with Gasteiger partial charge in [-0.15, -0.1) is 0 Å². The third kappa shape index (κ3) is 3.55. The molecule has 1 aromatic carbocycles. The lowest BCUT2D eigenvalue weighted by Crippen LogP contribution is -2.28. The Labute approximate surface area is 100 Å². The number of rotatable bonds is 6. The van der Waals surface area contributed by atoms with E-state index < -0.39 is 12.0 Å². The van der Waals surface area contributed by atoms with Crippen molar-refractivity contribution in [3.8, 4) is 11.5 Å². The van der Waals surface area contributed by atoms with Gasteiger partial charge < -0.3 is 19.9 Å². The summed E-state index contributed by atoms with van der Waals surface area (Å²) in [5, 5.41) is 11.9. The molecule has 0 aliphatic heterocycles. The van der Waals surface area contributed by atoms with E-state index in [2.05, 4.69) is 5.32 Å². The number of nitrogens with one attached hydrogen (secondary N) is 1. The molecule has 1 aromatic rings. The standard InChI is InChI=1S/C12H17NO4/c1-4-11(12(14)15)13-8-5-9(16-2)7-10(6-8)17-3/h5-7,11,13H,4H2,1-3H3,(H,14,15). The first-order chi connectivity index (χ1) is 8.10. The second-order valence-electron chi connectivity index (χ2n) is 3.54. The van der Waals surface area contributed by atoms with Crippen LogP contribution in [0.25, 0.3) is 0 Å². The van der Waals surface area contributed by atoms with E-state index in [-0.39, 0.29) is 0 Å². The highest BCUT2D eigenvalue weighted by atomic mass is 16.5. The molecule has 5 heteroatoms. The number of carbonyl (C=O) groups is 1. The van der Waals surface area contributed by atoms with Gasteiger partial charge in [0.1, 0.15) is 17.5 Å². The van der Waals surface area contributed by atoms with E-state index in [1.807, 2.05) is 6.92 Å². The summed E-state index contributed by atoms with van der Waals surface area (Å²) >= 11 is 0. The topological polar surface area (TPSA) is 67.8 Å². The summed E-state index contributed by atoms with van der Waals surface area (Å²) in [6, 6.07) is 4.57. The number of benzene rings is 1. The van der Waals surface area contributed by atoms with Crippen LogP contribution in [0, 0.1) is 0 Å². The van der Waals surface area contributed by atoms with Gasteiger partial charge in [-0.2, -0.15) is 0 Å². The molecular weight excluding hydrogens is 222 g/mol. The van der Waals surface area contributed by atoms with Crippen molar-refractivity contribution in [1.82, 2.24) is 0 Å². The number of carboxylic acids is 1. The van der Waals surface area contributed by atoms with E-state index >= 15 is 0 Å². The third-order valence-electron chi connectivity index (χ3n) is 2.40. The lowest BCUT2D eigenvalue weighted by atomic mass is 10.2. The minimum absolute atomic E-state index is 0.495. The van der Waals surface area contributed by atoms with Crippen LogP contribution in [0.3, 0.4) is 0 Å².